The standard InChI is InChI=1S/C17H15N3O3S/c1-12(24-16-8-6-15(7-9-16)20(22)23)17(21)19-11-14-4-2-13(10-18)3-5-14/h2-9,12H,11H2,1H3,(H,19,21). The topological polar surface area (TPSA) is 96.0 Å². The van der Waals surface area contributed by atoms with Crippen LogP contribution >= 0.6 is 11.8 Å². The fourth-order valence-electron chi connectivity index (χ4n) is 1.93. The van der Waals surface area contributed by atoms with Crippen molar-refractivity contribution in [2.75, 3.05) is 0 Å². The molecule has 0 spiro atoms. The summed E-state index contributed by atoms with van der Waals surface area (Å²) in [4.78, 5) is 23.1. The second-order valence-corrected chi connectivity index (χ2v) is 6.45. The molecule has 0 radical (unpaired) electrons. The first-order valence-electron chi connectivity index (χ1n) is 7.17. The van der Waals surface area contributed by atoms with Gasteiger partial charge in [0.15, 0.2) is 0 Å². The largest absolute Gasteiger partial charge is 0.351 e. The summed E-state index contributed by atoms with van der Waals surface area (Å²) in [6.07, 6.45) is 0. The Morgan fingerprint density at radius 3 is 2.42 bits per heavy atom. The van der Waals surface area contributed by atoms with Crippen LogP contribution in [0.3, 0.4) is 0 Å². The Morgan fingerprint density at radius 1 is 1.25 bits per heavy atom. The van der Waals surface area contributed by atoms with Crippen molar-refractivity contribution in [1.29, 1.82) is 5.26 Å². The van der Waals surface area contributed by atoms with Crippen LogP contribution in [0.1, 0.15) is 18.1 Å². The first-order valence-corrected chi connectivity index (χ1v) is 8.05. The molecular formula is C17H15N3O3S. The van der Waals surface area contributed by atoms with Crippen LogP contribution in [0.25, 0.3) is 0 Å². The van der Waals surface area contributed by atoms with Gasteiger partial charge < -0.3 is 5.32 Å². The highest BCUT2D eigenvalue weighted by Crippen LogP contribution is 2.25. The second kappa shape index (κ2) is 8.13. The lowest BCUT2D eigenvalue weighted by molar-refractivity contribution is -0.384. The number of carbonyl (C=O) groups is 1. The molecule has 122 valence electrons. The van der Waals surface area contributed by atoms with E-state index in [0.29, 0.717) is 12.1 Å². The number of hydrogen-bond acceptors (Lipinski definition) is 5. The number of thioether (sulfide) groups is 1. The molecule has 0 fully saturated rings. The van der Waals surface area contributed by atoms with Crippen molar-refractivity contribution in [3.8, 4) is 6.07 Å². The second-order valence-electron chi connectivity index (χ2n) is 5.04. The number of amides is 1. The van der Waals surface area contributed by atoms with Gasteiger partial charge in [0.25, 0.3) is 5.69 Å². The van der Waals surface area contributed by atoms with Crippen molar-refractivity contribution < 1.29 is 9.72 Å². The number of non-ortho nitro benzene ring substituents is 1. The van der Waals surface area contributed by atoms with Crippen LogP contribution < -0.4 is 5.32 Å². The first kappa shape index (κ1) is 17.5. The van der Waals surface area contributed by atoms with Gasteiger partial charge in [0.2, 0.25) is 5.91 Å². The van der Waals surface area contributed by atoms with Gasteiger partial charge in [-0.15, -0.1) is 11.8 Å². The Bertz CT molecular complexity index is 767. The number of carbonyl (C=O) groups excluding carboxylic acids is 1. The highest BCUT2D eigenvalue weighted by molar-refractivity contribution is 8.00. The van der Waals surface area contributed by atoms with E-state index >= 15 is 0 Å². The molecule has 0 saturated carbocycles. The van der Waals surface area contributed by atoms with Crippen molar-refractivity contribution in [3.63, 3.8) is 0 Å². The quantitative estimate of drug-likeness (QED) is 0.494. The smallest absolute Gasteiger partial charge is 0.269 e. The average Bonchev–Trinajstić information content (AvgIpc) is 2.60. The number of nitro groups is 1. The molecule has 1 amide bonds. The molecule has 2 rings (SSSR count). The third-order valence-corrected chi connectivity index (χ3v) is 4.39. The summed E-state index contributed by atoms with van der Waals surface area (Å²) in [6.45, 7) is 2.16. The molecule has 1 N–H and O–H groups in total. The first-order chi connectivity index (χ1) is 11.5. The summed E-state index contributed by atoms with van der Waals surface area (Å²) < 4.78 is 0. The van der Waals surface area contributed by atoms with E-state index in [-0.39, 0.29) is 16.8 Å². The summed E-state index contributed by atoms with van der Waals surface area (Å²) in [5, 5.41) is 21.9. The third-order valence-electron chi connectivity index (χ3n) is 3.28. The zero-order valence-corrected chi connectivity index (χ0v) is 13.7. The van der Waals surface area contributed by atoms with Gasteiger partial charge in [-0.1, -0.05) is 12.1 Å². The Kier molecular flexibility index (Phi) is 5.93. The van der Waals surface area contributed by atoms with E-state index in [1.54, 1.807) is 43.3 Å². The van der Waals surface area contributed by atoms with Crippen LogP contribution in [0.2, 0.25) is 0 Å². The Hall–Kier alpha value is -2.85. The molecule has 7 heteroatoms. The van der Waals surface area contributed by atoms with Gasteiger partial charge >= 0.3 is 0 Å². The van der Waals surface area contributed by atoms with Crippen molar-refractivity contribution in [3.05, 3.63) is 69.8 Å². The lowest BCUT2D eigenvalue weighted by Gasteiger charge is -2.12. The normalized spacial score (nSPS) is 11.3. The summed E-state index contributed by atoms with van der Waals surface area (Å²) in [6, 6.07) is 15.2. The highest BCUT2D eigenvalue weighted by atomic mass is 32.2. The fourth-order valence-corrected chi connectivity index (χ4v) is 2.83. The predicted octanol–water partition coefficient (Wildman–Crippen LogP) is 3.26. The molecule has 6 nitrogen and oxygen atoms in total. The summed E-state index contributed by atoms with van der Waals surface area (Å²) in [7, 11) is 0. The molecule has 0 aliphatic heterocycles. The van der Waals surface area contributed by atoms with Crippen molar-refractivity contribution in [1.82, 2.24) is 5.32 Å². The number of hydrogen-bond donors (Lipinski definition) is 1. The molecular weight excluding hydrogens is 326 g/mol. The zero-order chi connectivity index (χ0) is 17.5. The summed E-state index contributed by atoms with van der Waals surface area (Å²) in [5.41, 5.74) is 1.51. The van der Waals surface area contributed by atoms with E-state index in [0.717, 1.165) is 10.5 Å². The number of nitriles is 1. The maximum Gasteiger partial charge on any atom is 0.269 e. The van der Waals surface area contributed by atoms with E-state index < -0.39 is 4.92 Å². The van der Waals surface area contributed by atoms with E-state index in [1.807, 2.05) is 6.07 Å². The number of nitrogens with zero attached hydrogens (tertiary/aromatic N) is 2. The van der Waals surface area contributed by atoms with Crippen molar-refractivity contribution >= 4 is 23.4 Å². The van der Waals surface area contributed by atoms with Gasteiger partial charge in [-0.05, 0) is 36.8 Å². The number of rotatable bonds is 6. The molecule has 2 aromatic carbocycles. The molecule has 0 saturated heterocycles. The van der Waals surface area contributed by atoms with Crippen LogP contribution in [0, 0.1) is 21.4 Å². The predicted molar refractivity (Wildman–Crippen MR) is 91.4 cm³/mol. The van der Waals surface area contributed by atoms with Gasteiger partial charge in [-0.2, -0.15) is 5.26 Å². The minimum Gasteiger partial charge on any atom is -0.351 e. The van der Waals surface area contributed by atoms with Crippen LogP contribution in [0.5, 0.6) is 0 Å². The number of nitrogens with one attached hydrogen (secondary N) is 1. The van der Waals surface area contributed by atoms with E-state index in [4.69, 9.17) is 5.26 Å². The SMILES string of the molecule is CC(Sc1ccc([N+](=O)[O-])cc1)C(=O)NCc1ccc(C#N)cc1. The average molecular weight is 341 g/mol. The van der Waals surface area contributed by atoms with Gasteiger partial charge in [0.1, 0.15) is 0 Å². The van der Waals surface area contributed by atoms with Crippen LogP contribution in [-0.2, 0) is 11.3 Å². The van der Waals surface area contributed by atoms with Gasteiger partial charge in [-0.25, -0.2) is 0 Å². The van der Waals surface area contributed by atoms with E-state index in [1.165, 1.54) is 23.9 Å². The summed E-state index contributed by atoms with van der Waals surface area (Å²) in [5.74, 6) is -0.122. The Morgan fingerprint density at radius 2 is 1.88 bits per heavy atom. The number of nitro benzene ring substituents is 1. The maximum absolute atomic E-state index is 12.1. The molecule has 0 aromatic heterocycles. The Balaban J connectivity index is 1.87. The molecule has 0 bridgehead atoms. The van der Waals surface area contributed by atoms with E-state index in [9.17, 15) is 14.9 Å². The van der Waals surface area contributed by atoms with Gasteiger partial charge in [0.05, 0.1) is 21.8 Å². The third kappa shape index (κ3) is 4.83. The summed E-state index contributed by atoms with van der Waals surface area (Å²) >= 11 is 1.34. The molecule has 1 atom stereocenters. The molecule has 1 unspecified atom stereocenters. The Labute approximate surface area is 143 Å². The molecule has 0 aliphatic carbocycles. The monoisotopic (exact) mass is 341 g/mol. The lowest BCUT2D eigenvalue weighted by Crippen LogP contribution is -2.30. The van der Waals surface area contributed by atoms with Crippen LogP contribution in [-0.4, -0.2) is 16.1 Å². The minimum atomic E-state index is -0.456. The maximum atomic E-state index is 12.1. The van der Waals surface area contributed by atoms with Crippen LogP contribution in [0.4, 0.5) is 5.69 Å². The molecule has 24 heavy (non-hydrogen) atoms. The highest BCUT2D eigenvalue weighted by Gasteiger charge is 2.14. The minimum absolute atomic E-state index is 0.0253. The van der Waals surface area contributed by atoms with Gasteiger partial charge in [0, 0.05) is 23.6 Å². The van der Waals surface area contributed by atoms with Crippen LogP contribution in [0.15, 0.2) is 53.4 Å². The fraction of sp³-hybridized carbons (Fsp3) is 0.176. The van der Waals surface area contributed by atoms with Crippen molar-refractivity contribution in [2.45, 2.75) is 23.6 Å². The van der Waals surface area contributed by atoms with Crippen molar-refractivity contribution in [2.24, 2.45) is 0 Å². The lowest BCUT2D eigenvalue weighted by atomic mass is 10.1. The zero-order valence-electron chi connectivity index (χ0n) is 12.9. The molecule has 0 heterocycles. The number of benzene rings is 2. The molecule has 2 aromatic rings. The van der Waals surface area contributed by atoms with Gasteiger partial charge in [-0.3, -0.25) is 14.9 Å². The molecule has 0 aliphatic rings. The van der Waals surface area contributed by atoms with E-state index in [2.05, 4.69) is 5.32 Å².